The standard InChI is InChI=1S/C9H16O5S/c1-14-9(11)8(6-10)7-2-4-15(12,13)5-3-7/h7-8,10H,2-6H2,1H3. The number of hydrogen-bond donors (Lipinski definition) is 1. The third kappa shape index (κ3) is 3.17. The summed E-state index contributed by atoms with van der Waals surface area (Å²) < 4.78 is 26.9. The van der Waals surface area contributed by atoms with E-state index in [1.54, 1.807) is 0 Å². The van der Waals surface area contributed by atoms with Crippen LogP contribution in [0.3, 0.4) is 0 Å². The predicted molar refractivity (Wildman–Crippen MR) is 54.0 cm³/mol. The van der Waals surface area contributed by atoms with Gasteiger partial charge < -0.3 is 9.84 Å². The monoisotopic (exact) mass is 236 g/mol. The van der Waals surface area contributed by atoms with Crippen LogP contribution in [0.15, 0.2) is 0 Å². The van der Waals surface area contributed by atoms with Gasteiger partial charge in [-0.05, 0) is 18.8 Å². The third-order valence-corrected chi connectivity index (χ3v) is 4.58. The Morgan fingerprint density at radius 1 is 1.47 bits per heavy atom. The molecule has 0 amide bonds. The molecule has 0 aromatic heterocycles. The maximum atomic E-state index is 11.3. The van der Waals surface area contributed by atoms with Gasteiger partial charge in [-0.2, -0.15) is 0 Å². The lowest BCUT2D eigenvalue weighted by Gasteiger charge is -2.26. The highest BCUT2D eigenvalue weighted by atomic mass is 32.2. The molecule has 1 atom stereocenters. The summed E-state index contributed by atoms with van der Waals surface area (Å²) in [7, 11) is -1.66. The first kappa shape index (κ1) is 12.4. The molecule has 6 heteroatoms. The van der Waals surface area contributed by atoms with Crippen molar-refractivity contribution in [2.24, 2.45) is 11.8 Å². The van der Waals surface area contributed by atoms with E-state index in [0.717, 1.165) is 0 Å². The van der Waals surface area contributed by atoms with Gasteiger partial charge in [0.1, 0.15) is 9.84 Å². The third-order valence-electron chi connectivity index (χ3n) is 2.87. The molecule has 0 radical (unpaired) electrons. The molecule has 1 fully saturated rings. The topological polar surface area (TPSA) is 80.7 Å². The summed E-state index contributed by atoms with van der Waals surface area (Å²) in [6, 6.07) is 0. The van der Waals surface area contributed by atoms with E-state index in [9.17, 15) is 13.2 Å². The second kappa shape index (κ2) is 4.94. The molecule has 1 saturated heterocycles. The molecule has 1 aliphatic heterocycles. The number of carbonyl (C=O) groups is 1. The van der Waals surface area contributed by atoms with Crippen LogP contribution in [0.4, 0.5) is 0 Å². The van der Waals surface area contributed by atoms with Crippen LogP contribution in [0.25, 0.3) is 0 Å². The summed E-state index contributed by atoms with van der Waals surface area (Å²) in [6.07, 6.45) is 0.866. The Balaban J connectivity index is 2.61. The Kier molecular flexibility index (Phi) is 4.10. The first-order valence-corrected chi connectivity index (χ1v) is 6.71. The normalized spacial score (nSPS) is 23.3. The molecule has 0 aromatic rings. The highest BCUT2D eigenvalue weighted by molar-refractivity contribution is 7.91. The Morgan fingerprint density at radius 3 is 2.40 bits per heavy atom. The minimum Gasteiger partial charge on any atom is -0.469 e. The molecule has 1 rings (SSSR count). The maximum Gasteiger partial charge on any atom is 0.311 e. The second-order valence-corrected chi connectivity index (χ2v) is 6.11. The summed E-state index contributed by atoms with van der Waals surface area (Å²) in [4.78, 5) is 11.3. The number of ether oxygens (including phenoxy) is 1. The molecular weight excluding hydrogens is 220 g/mol. The number of methoxy groups -OCH3 is 1. The zero-order chi connectivity index (χ0) is 11.5. The van der Waals surface area contributed by atoms with Crippen LogP contribution >= 0.6 is 0 Å². The minimum atomic E-state index is -2.92. The summed E-state index contributed by atoms with van der Waals surface area (Å²) in [5.74, 6) is -0.908. The molecular formula is C9H16O5S. The summed E-state index contributed by atoms with van der Waals surface area (Å²) >= 11 is 0. The summed E-state index contributed by atoms with van der Waals surface area (Å²) in [5, 5.41) is 9.06. The lowest BCUT2D eigenvalue weighted by molar-refractivity contribution is -0.149. The molecule has 0 aromatic carbocycles. The fourth-order valence-electron chi connectivity index (χ4n) is 1.88. The Labute approximate surface area is 89.3 Å². The largest absolute Gasteiger partial charge is 0.469 e. The Morgan fingerprint density at radius 2 is 2.00 bits per heavy atom. The van der Waals surface area contributed by atoms with Gasteiger partial charge in [-0.15, -0.1) is 0 Å². The van der Waals surface area contributed by atoms with Gasteiger partial charge in [-0.1, -0.05) is 0 Å². The van der Waals surface area contributed by atoms with Crippen LogP contribution in [-0.4, -0.2) is 44.7 Å². The van der Waals surface area contributed by atoms with Crippen molar-refractivity contribution >= 4 is 15.8 Å². The molecule has 0 spiro atoms. The van der Waals surface area contributed by atoms with Crippen LogP contribution in [0, 0.1) is 11.8 Å². The quantitative estimate of drug-likeness (QED) is 0.674. The lowest BCUT2D eigenvalue weighted by Crippen LogP contribution is -2.34. The zero-order valence-electron chi connectivity index (χ0n) is 8.68. The highest BCUT2D eigenvalue weighted by Gasteiger charge is 2.33. The number of sulfone groups is 1. The van der Waals surface area contributed by atoms with Crippen LogP contribution in [0.2, 0.25) is 0 Å². The predicted octanol–water partition coefficient (Wildman–Crippen LogP) is -0.407. The smallest absolute Gasteiger partial charge is 0.311 e. The number of carbonyl (C=O) groups excluding carboxylic acids is 1. The number of aliphatic hydroxyl groups is 1. The van der Waals surface area contributed by atoms with Gasteiger partial charge in [0.05, 0.1) is 31.1 Å². The Hall–Kier alpha value is -0.620. The van der Waals surface area contributed by atoms with Crippen molar-refractivity contribution in [3.8, 4) is 0 Å². The van der Waals surface area contributed by atoms with E-state index in [1.807, 2.05) is 0 Å². The summed E-state index contributed by atoms with van der Waals surface area (Å²) in [5.41, 5.74) is 0. The van der Waals surface area contributed by atoms with Gasteiger partial charge in [0.25, 0.3) is 0 Å². The molecule has 1 heterocycles. The lowest BCUT2D eigenvalue weighted by atomic mass is 9.88. The van der Waals surface area contributed by atoms with E-state index < -0.39 is 21.7 Å². The van der Waals surface area contributed by atoms with E-state index in [-0.39, 0.29) is 24.0 Å². The fraction of sp³-hybridized carbons (Fsp3) is 0.889. The van der Waals surface area contributed by atoms with Gasteiger partial charge in [-0.25, -0.2) is 8.42 Å². The van der Waals surface area contributed by atoms with Crippen LogP contribution in [0.5, 0.6) is 0 Å². The van der Waals surface area contributed by atoms with Crippen LogP contribution < -0.4 is 0 Å². The molecule has 15 heavy (non-hydrogen) atoms. The van der Waals surface area contributed by atoms with Crippen molar-refractivity contribution in [2.75, 3.05) is 25.2 Å². The van der Waals surface area contributed by atoms with Gasteiger partial charge in [-0.3, -0.25) is 4.79 Å². The molecule has 0 bridgehead atoms. The van der Waals surface area contributed by atoms with E-state index in [4.69, 9.17) is 5.11 Å². The molecule has 88 valence electrons. The molecule has 5 nitrogen and oxygen atoms in total. The van der Waals surface area contributed by atoms with Gasteiger partial charge >= 0.3 is 5.97 Å². The van der Waals surface area contributed by atoms with Gasteiger partial charge in [0, 0.05) is 0 Å². The second-order valence-electron chi connectivity index (χ2n) is 3.80. The number of aliphatic hydroxyl groups excluding tert-OH is 1. The molecule has 1 aliphatic rings. The van der Waals surface area contributed by atoms with Crippen molar-refractivity contribution < 1.29 is 23.1 Å². The molecule has 1 N–H and O–H groups in total. The van der Waals surface area contributed by atoms with Crippen LogP contribution in [-0.2, 0) is 19.4 Å². The number of hydrogen-bond acceptors (Lipinski definition) is 5. The number of rotatable bonds is 3. The SMILES string of the molecule is COC(=O)C(CO)C1CCS(=O)(=O)CC1. The van der Waals surface area contributed by atoms with E-state index in [2.05, 4.69) is 4.74 Å². The summed E-state index contributed by atoms with van der Waals surface area (Å²) in [6.45, 7) is -0.280. The van der Waals surface area contributed by atoms with Crippen molar-refractivity contribution in [2.45, 2.75) is 12.8 Å². The van der Waals surface area contributed by atoms with Gasteiger partial charge in [0.15, 0.2) is 0 Å². The first-order valence-electron chi connectivity index (χ1n) is 4.89. The maximum absolute atomic E-state index is 11.3. The average molecular weight is 236 g/mol. The fourth-order valence-corrected chi connectivity index (χ4v) is 3.41. The average Bonchev–Trinajstić information content (AvgIpc) is 2.21. The number of esters is 1. The Bertz CT molecular complexity index is 307. The van der Waals surface area contributed by atoms with E-state index >= 15 is 0 Å². The van der Waals surface area contributed by atoms with Crippen molar-refractivity contribution in [3.05, 3.63) is 0 Å². The van der Waals surface area contributed by atoms with Crippen LogP contribution in [0.1, 0.15) is 12.8 Å². The van der Waals surface area contributed by atoms with Crippen molar-refractivity contribution in [1.82, 2.24) is 0 Å². The molecule has 0 aliphatic carbocycles. The van der Waals surface area contributed by atoms with E-state index in [0.29, 0.717) is 12.8 Å². The van der Waals surface area contributed by atoms with Crippen molar-refractivity contribution in [3.63, 3.8) is 0 Å². The van der Waals surface area contributed by atoms with Crippen molar-refractivity contribution in [1.29, 1.82) is 0 Å². The first-order chi connectivity index (χ1) is 7.00. The molecule has 0 saturated carbocycles. The molecule has 1 unspecified atom stereocenters. The minimum absolute atomic E-state index is 0.0778. The zero-order valence-corrected chi connectivity index (χ0v) is 9.50. The van der Waals surface area contributed by atoms with E-state index in [1.165, 1.54) is 7.11 Å². The highest BCUT2D eigenvalue weighted by Crippen LogP contribution is 2.26. The van der Waals surface area contributed by atoms with Gasteiger partial charge in [0.2, 0.25) is 0 Å².